The highest BCUT2D eigenvalue weighted by Crippen LogP contribution is 2.39. The molecule has 0 amide bonds. The van der Waals surface area contributed by atoms with Gasteiger partial charge in [0.25, 0.3) is 0 Å². The summed E-state index contributed by atoms with van der Waals surface area (Å²) in [6, 6.07) is 7.74. The molecule has 33 heavy (non-hydrogen) atoms. The van der Waals surface area contributed by atoms with Crippen LogP contribution < -0.4 is 9.64 Å². The quantitative estimate of drug-likeness (QED) is 0.560. The van der Waals surface area contributed by atoms with Crippen LogP contribution >= 0.6 is 0 Å². The molecular formula is C22H21F5N2O4. The van der Waals surface area contributed by atoms with Gasteiger partial charge in [-0.05, 0) is 50.1 Å². The Morgan fingerprint density at radius 3 is 2.45 bits per heavy atom. The van der Waals surface area contributed by atoms with Crippen LogP contribution in [0.25, 0.3) is 0 Å². The summed E-state index contributed by atoms with van der Waals surface area (Å²) in [4.78, 5) is 17.2. The van der Waals surface area contributed by atoms with Gasteiger partial charge in [-0.25, -0.2) is 4.79 Å². The molecule has 2 aromatic carbocycles. The summed E-state index contributed by atoms with van der Waals surface area (Å²) >= 11 is 0. The first-order chi connectivity index (χ1) is 15.3. The van der Waals surface area contributed by atoms with Crippen molar-refractivity contribution in [3.05, 3.63) is 58.7 Å². The molecule has 6 nitrogen and oxygen atoms in total. The zero-order chi connectivity index (χ0) is 24.6. The van der Waals surface area contributed by atoms with Gasteiger partial charge >= 0.3 is 18.1 Å². The maximum Gasteiger partial charge on any atom is 0.420 e. The predicted octanol–water partition coefficient (Wildman–Crippen LogP) is 5.22. The predicted molar refractivity (Wildman–Crippen MR) is 110 cm³/mol. The van der Waals surface area contributed by atoms with Crippen molar-refractivity contribution in [1.29, 1.82) is 0 Å². The van der Waals surface area contributed by atoms with Gasteiger partial charge in [-0.3, -0.25) is 4.90 Å². The number of benzene rings is 2. The number of hydrogen-bond acceptors (Lipinski definition) is 5. The third-order valence-electron chi connectivity index (χ3n) is 4.81. The number of rotatable bonds is 7. The Morgan fingerprint density at radius 1 is 1.18 bits per heavy atom. The summed E-state index contributed by atoms with van der Waals surface area (Å²) in [6.45, 7) is 4.67. The number of alkyl halides is 5. The lowest BCUT2D eigenvalue weighted by Crippen LogP contribution is -2.31. The molecule has 2 aromatic rings. The zero-order valence-corrected chi connectivity index (χ0v) is 17.9. The Hall–Kier alpha value is -3.37. The third kappa shape index (κ3) is 5.35. The SMILES string of the molecule is Cc1cc(CC(F)(F)C(=O)O)ccc1C1=NOCN1c1ccc(OC(C)C)c(C(F)(F)F)c1. The van der Waals surface area contributed by atoms with Crippen molar-refractivity contribution in [2.75, 3.05) is 11.6 Å². The lowest BCUT2D eigenvalue weighted by Gasteiger charge is -2.22. The summed E-state index contributed by atoms with van der Waals surface area (Å²) in [5.74, 6) is -6.27. The van der Waals surface area contributed by atoms with Crippen LogP contribution in [0.2, 0.25) is 0 Å². The number of oxime groups is 1. The van der Waals surface area contributed by atoms with E-state index in [1.165, 1.54) is 35.2 Å². The number of halogens is 5. The van der Waals surface area contributed by atoms with E-state index in [2.05, 4.69) is 5.16 Å². The van der Waals surface area contributed by atoms with Crippen LogP contribution in [0.4, 0.5) is 27.6 Å². The molecular weight excluding hydrogens is 451 g/mol. The number of aryl methyl sites for hydroxylation is 1. The summed E-state index contributed by atoms with van der Waals surface area (Å²) in [5.41, 5.74) is 0.187. The average Bonchev–Trinajstić information content (AvgIpc) is 3.16. The van der Waals surface area contributed by atoms with E-state index < -0.39 is 36.2 Å². The fourth-order valence-electron chi connectivity index (χ4n) is 3.33. The first-order valence-corrected chi connectivity index (χ1v) is 9.86. The van der Waals surface area contributed by atoms with E-state index in [1.807, 2.05) is 0 Å². The highest BCUT2D eigenvalue weighted by molar-refractivity contribution is 6.11. The summed E-state index contributed by atoms with van der Waals surface area (Å²) < 4.78 is 73.2. The second-order valence-corrected chi connectivity index (χ2v) is 7.78. The molecule has 0 saturated carbocycles. The molecule has 178 valence electrons. The van der Waals surface area contributed by atoms with Crippen LogP contribution in [-0.4, -0.2) is 35.7 Å². The van der Waals surface area contributed by atoms with Gasteiger partial charge in [0, 0.05) is 17.7 Å². The molecule has 3 rings (SSSR count). The van der Waals surface area contributed by atoms with Crippen LogP contribution in [-0.2, 0) is 22.2 Å². The second-order valence-electron chi connectivity index (χ2n) is 7.78. The van der Waals surface area contributed by atoms with E-state index in [1.54, 1.807) is 20.8 Å². The Bertz CT molecular complexity index is 1080. The van der Waals surface area contributed by atoms with E-state index in [-0.39, 0.29) is 29.6 Å². The molecule has 1 aliphatic heterocycles. The minimum Gasteiger partial charge on any atom is -0.490 e. The molecule has 1 aliphatic rings. The third-order valence-corrected chi connectivity index (χ3v) is 4.81. The van der Waals surface area contributed by atoms with Crippen LogP contribution in [0.3, 0.4) is 0 Å². The van der Waals surface area contributed by atoms with Gasteiger partial charge in [-0.1, -0.05) is 23.4 Å². The number of ether oxygens (including phenoxy) is 1. The average molecular weight is 472 g/mol. The molecule has 0 saturated heterocycles. The Balaban J connectivity index is 1.94. The Morgan fingerprint density at radius 2 is 1.88 bits per heavy atom. The second kappa shape index (κ2) is 8.87. The van der Waals surface area contributed by atoms with Crippen molar-refractivity contribution < 1.29 is 41.4 Å². The molecule has 1 N–H and O–H groups in total. The van der Waals surface area contributed by atoms with Crippen molar-refractivity contribution in [1.82, 2.24) is 0 Å². The van der Waals surface area contributed by atoms with Crippen molar-refractivity contribution in [2.45, 2.75) is 45.4 Å². The van der Waals surface area contributed by atoms with Gasteiger partial charge in [-0.15, -0.1) is 0 Å². The number of carboxylic acid groups (broad SMARTS) is 1. The maximum atomic E-state index is 13.6. The smallest absolute Gasteiger partial charge is 0.420 e. The molecule has 0 bridgehead atoms. The summed E-state index contributed by atoms with van der Waals surface area (Å²) in [5, 5.41) is 12.5. The number of nitrogens with zero attached hydrogens (tertiary/aromatic N) is 2. The molecule has 0 aliphatic carbocycles. The largest absolute Gasteiger partial charge is 0.490 e. The summed E-state index contributed by atoms with van der Waals surface area (Å²) in [6.07, 6.45) is -6.12. The Kier molecular flexibility index (Phi) is 6.53. The lowest BCUT2D eigenvalue weighted by atomic mass is 9.99. The number of hydrogen-bond donors (Lipinski definition) is 1. The monoisotopic (exact) mass is 472 g/mol. The van der Waals surface area contributed by atoms with Crippen LogP contribution in [0.1, 0.15) is 36.1 Å². The van der Waals surface area contributed by atoms with E-state index in [9.17, 15) is 26.7 Å². The van der Waals surface area contributed by atoms with Gasteiger partial charge in [0.2, 0.25) is 0 Å². The maximum absolute atomic E-state index is 13.6. The normalized spacial score (nSPS) is 14.3. The molecule has 11 heteroatoms. The fourth-order valence-corrected chi connectivity index (χ4v) is 3.33. The van der Waals surface area contributed by atoms with Crippen molar-refractivity contribution in [2.24, 2.45) is 5.16 Å². The van der Waals surface area contributed by atoms with E-state index in [0.717, 1.165) is 6.07 Å². The van der Waals surface area contributed by atoms with Gasteiger partial charge in [0.05, 0.1) is 11.7 Å². The number of amidine groups is 1. The van der Waals surface area contributed by atoms with E-state index in [4.69, 9.17) is 14.7 Å². The first-order valence-electron chi connectivity index (χ1n) is 9.86. The molecule has 0 spiro atoms. The highest BCUT2D eigenvalue weighted by atomic mass is 19.4. The fraction of sp³-hybridized carbons (Fsp3) is 0.364. The minimum absolute atomic E-state index is 0.0873. The van der Waals surface area contributed by atoms with Gasteiger partial charge in [0.15, 0.2) is 12.6 Å². The van der Waals surface area contributed by atoms with Crippen LogP contribution in [0.5, 0.6) is 5.75 Å². The molecule has 0 unspecified atom stereocenters. The van der Waals surface area contributed by atoms with Crippen molar-refractivity contribution in [3.63, 3.8) is 0 Å². The van der Waals surface area contributed by atoms with Crippen LogP contribution in [0.15, 0.2) is 41.6 Å². The molecule has 0 aromatic heterocycles. The molecule has 0 radical (unpaired) electrons. The van der Waals surface area contributed by atoms with Gasteiger partial charge < -0.3 is 14.7 Å². The number of aliphatic carboxylic acids is 1. The molecule has 0 fully saturated rings. The van der Waals surface area contributed by atoms with E-state index >= 15 is 0 Å². The molecule has 1 heterocycles. The van der Waals surface area contributed by atoms with Gasteiger partial charge in [0.1, 0.15) is 5.75 Å². The van der Waals surface area contributed by atoms with E-state index in [0.29, 0.717) is 11.1 Å². The minimum atomic E-state index is -4.66. The summed E-state index contributed by atoms with van der Waals surface area (Å²) in [7, 11) is 0. The first kappa shape index (κ1) is 24.3. The number of carbonyl (C=O) groups is 1. The lowest BCUT2D eigenvalue weighted by molar-refractivity contribution is -0.164. The number of anilines is 1. The van der Waals surface area contributed by atoms with Gasteiger partial charge in [-0.2, -0.15) is 22.0 Å². The number of carboxylic acids is 1. The highest BCUT2D eigenvalue weighted by Gasteiger charge is 2.39. The molecule has 0 atom stereocenters. The zero-order valence-electron chi connectivity index (χ0n) is 17.9. The van der Waals surface area contributed by atoms with Crippen molar-refractivity contribution >= 4 is 17.5 Å². The Labute approximate surface area is 186 Å². The topological polar surface area (TPSA) is 71.4 Å². The van der Waals surface area contributed by atoms with Crippen molar-refractivity contribution in [3.8, 4) is 5.75 Å². The van der Waals surface area contributed by atoms with Crippen LogP contribution in [0, 0.1) is 6.92 Å². The standard InChI is InChI=1S/C22H21F5N2O4/c1-12(2)33-18-7-5-15(9-17(18)22(25,26)27)29-11-32-28-19(29)16-6-4-14(8-13(16)3)10-21(23,24)20(30)31/h4-9,12H,10-11H2,1-3H3,(H,30,31).